The van der Waals surface area contributed by atoms with Crippen molar-refractivity contribution in [2.24, 2.45) is 0 Å². The molecule has 20 heavy (non-hydrogen) atoms. The largest absolute Gasteiger partial charge is 0.465 e. The average Bonchev–Trinajstić information content (AvgIpc) is 2.89. The zero-order chi connectivity index (χ0) is 14.5. The summed E-state index contributed by atoms with van der Waals surface area (Å²) in [7, 11) is 0. The molecule has 0 bridgehead atoms. The van der Waals surface area contributed by atoms with E-state index in [1.54, 1.807) is 19.9 Å². The Kier molecular flexibility index (Phi) is 4.74. The van der Waals surface area contributed by atoms with E-state index < -0.39 is 5.92 Å². The normalized spacial score (nSPS) is 12.2. The van der Waals surface area contributed by atoms with E-state index in [0.717, 1.165) is 5.56 Å². The maximum absolute atomic E-state index is 11.6. The number of halogens is 1. The summed E-state index contributed by atoms with van der Waals surface area (Å²) in [5.41, 5.74) is 0.908. The van der Waals surface area contributed by atoms with Crippen molar-refractivity contribution in [1.82, 2.24) is 10.1 Å². The van der Waals surface area contributed by atoms with Crippen LogP contribution in [0.1, 0.15) is 37.0 Å². The maximum Gasteiger partial charge on any atom is 0.318 e. The smallest absolute Gasteiger partial charge is 0.318 e. The number of rotatable bonds is 5. The second kappa shape index (κ2) is 6.52. The van der Waals surface area contributed by atoms with Crippen LogP contribution < -0.4 is 0 Å². The molecule has 2 aromatic rings. The Balaban J connectivity index is 2.09. The zero-order valence-electron chi connectivity index (χ0n) is 11.3. The van der Waals surface area contributed by atoms with Gasteiger partial charge in [-0.15, -0.1) is 0 Å². The number of nitrogens with zero attached hydrogens (tertiary/aromatic N) is 2. The molecule has 0 radical (unpaired) electrons. The van der Waals surface area contributed by atoms with E-state index in [2.05, 4.69) is 10.1 Å². The van der Waals surface area contributed by atoms with Crippen molar-refractivity contribution in [3.8, 4) is 0 Å². The molecule has 0 aliphatic heterocycles. The summed E-state index contributed by atoms with van der Waals surface area (Å²) < 4.78 is 10.0. The van der Waals surface area contributed by atoms with Crippen LogP contribution in [0.3, 0.4) is 0 Å². The van der Waals surface area contributed by atoms with Crippen molar-refractivity contribution in [2.45, 2.75) is 26.2 Å². The highest BCUT2D eigenvalue weighted by molar-refractivity contribution is 6.31. The molecule has 1 aromatic heterocycles. The Labute approximate surface area is 121 Å². The van der Waals surface area contributed by atoms with Crippen LogP contribution in [0.15, 0.2) is 28.8 Å². The lowest BCUT2D eigenvalue weighted by Crippen LogP contribution is -2.13. The number of carbonyl (C=O) groups is 1. The van der Waals surface area contributed by atoms with Crippen LogP contribution >= 0.6 is 11.6 Å². The third kappa shape index (κ3) is 3.36. The minimum Gasteiger partial charge on any atom is -0.465 e. The van der Waals surface area contributed by atoms with Gasteiger partial charge >= 0.3 is 5.97 Å². The molecule has 5 nitrogen and oxygen atoms in total. The fraction of sp³-hybridized carbons (Fsp3) is 0.357. The summed E-state index contributed by atoms with van der Waals surface area (Å²) in [6.07, 6.45) is 0.457. The van der Waals surface area contributed by atoms with Crippen molar-refractivity contribution in [3.63, 3.8) is 0 Å². The molecule has 106 valence electrons. The van der Waals surface area contributed by atoms with Gasteiger partial charge in [0.2, 0.25) is 5.89 Å². The summed E-state index contributed by atoms with van der Waals surface area (Å²) in [6, 6.07) is 7.45. The highest BCUT2D eigenvalue weighted by Crippen LogP contribution is 2.19. The summed E-state index contributed by atoms with van der Waals surface area (Å²) in [6.45, 7) is 3.75. The van der Waals surface area contributed by atoms with Crippen molar-refractivity contribution in [1.29, 1.82) is 0 Å². The molecule has 0 saturated carbocycles. The van der Waals surface area contributed by atoms with E-state index in [1.165, 1.54) is 0 Å². The van der Waals surface area contributed by atoms with Gasteiger partial charge in [-0.25, -0.2) is 0 Å². The minimum atomic E-state index is -0.567. The fourth-order valence-corrected chi connectivity index (χ4v) is 1.90. The molecule has 1 aromatic carbocycles. The van der Waals surface area contributed by atoms with Crippen molar-refractivity contribution >= 4 is 17.6 Å². The minimum absolute atomic E-state index is 0.255. The molecule has 0 saturated heterocycles. The standard InChI is InChI=1S/C14H15ClN2O3/c1-3-19-14(18)9(2)13-16-12(17-20-13)8-10-6-4-5-7-11(10)15/h4-7,9H,3,8H2,1-2H3. The molecule has 1 unspecified atom stereocenters. The molecule has 1 heterocycles. The summed E-state index contributed by atoms with van der Waals surface area (Å²) in [5, 5.41) is 4.51. The average molecular weight is 295 g/mol. The van der Waals surface area contributed by atoms with Crippen LogP contribution in [0.25, 0.3) is 0 Å². The van der Waals surface area contributed by atoms with E-state index in [9.17, 15) is 4.79 Å². The van der Waals surface area contributed by atoms with E-state index >= 15 is 0 Å². The SMILES string of the molecule is CCOC(=O)C(C)c1nc(Cc2ccccc2Cl)no1. The Morgan fingerprint density at radius 2 is 2.20 bits per heavy atom. The number of esters is 1. The second-order valence-corrected chi connectivity index (χ2v) is 4.70. The van der Waals surface area contributed by atoms with Crippen molar-refractivity contribution in [3.05, 3.63) is 46.6 Å². The Hall–Kier alpha value is -1.88. The molecule has 0 N–H and O–H groups in total. The third-order valence-electron chi connectivity index (χ3n) is 2.80. The number of benzene rings is 1. The number of hydrogen-bond acceptors (Lipinski definition) is 5. The van der Waals surface area contributed by atoms with Gasteiger partial charge in [-0.1, -0.05) is 35.0 Å². The van der Waals surface area contributed by atoms with Gasteiger partial charge in [0.15, 0.2) is 5.82 Å². The summed E-state index contributed by atoms with van der Waals surface area (Å²) >= 11 is 6.07. The number of hydrogen-bond donors (Lipinski definition) is 0. The first-order chi connectivity index (χ1) is 9.61. The van der Waals surface area contributed by atoms with Crippen LogP contribution in [0.2, 0.25) is 5.02 Å². The van der Waals surface area contributed by atoms with Gasteiger partial charge in [-0.3, -0.25) is 4.79 Å². The fourth-order valence-electron chi connectivity index (χ4n) is 1.70. The predicted octanol–water partition coefficient (Wildman–Crippen LogP) is 2.98. The molecular weight excluding hydrogens is 280 g/mol. The van der Waals surface area contributed by atoms with Gasteiger partial charge in [0, 0.05) is 11.4 Å². The summed E-state index contributed by atoms with van der Waals surface area (Å²) in [5.74, 6) is -0.197. The monoisotopic (exact) mass is 294 g/mol. The Morgan fingerprint density at radius 1 is 1.45 bits per heavy atom. The van der Waals surface area contributed by atoms with E-state index in [0.29, 0.717) is 23.9 Å². The van der Waals surface area contributed by atoms with E-state index in [4.69, 9.17) is 20.9 Å². The van der Waals surface area contributed by atoms with Crippen LogP contribution in [0.5, 0.6) is 0 Å². The molecule has 0 aliphatic rings. The topological polar surface area (TPSA) is 65.2 Å². The third-order valence-corrected chi connectivity index (χ3v) is 3.17. The van der Waals surface area contributed by atoms with Crippen LogP contribution in [-0.4, -0.2) is 22.7 Å². The predicted molar refractivity (Wildman–Crippen MR) is 73.6 cm³/mol. The molecule has 0 fully saturated rings. The van der Waals surface area contributed by atoms with E-state index in [-0.39, 0.29) is 11.9 Å². The summed E-state index contributed by atoms with van der Waals surface area (Å²) in [4.78, 5) is 15.8. The molecule has 0 aliphatic carbocycles. The highest BCUT2D eigenvalue weighted by atomic mass is 35.5. The molecular formula is C14H15ClN2O3. The lowest BCUT2D eigenvalue weighted by Gasteiger charge is -2.04. The first-order valence-corrected chi connectivity index (χ1v) is 6.72. The number of aromatic nitrogens is 2. The molecule has 2 rings (SSSR count). The van der Waals surface area contributed by atoms with Crippen LogP contribution in [0.4, 0.5) is 0 Å². The van der Waals surface area contributed by atoms with Gasteiger partial charge in [0.25, 0.3) is 0 Å². The molecule has 0 spiro atoms. The molecule has 6 heteroatoms. The Morgan fingerprint density at radius 3 is 2.90 bits per heavy atom. The van der Waals surface area contributed by atoms with Crippen molar-refractivity contribution < 1.29 is 14.1 Å². The first kappa shape index (κ1) is 14.5. The van der Waals surface area contributed by atoms with Gasteiger partial charge in [-0.2, -0.15) is 4.98 Å². The molecule has 1 atom stereocenters. The quantitative estimate of drug-likeness (QED) is 0.793. The van der Waals surface area contributed by atoms with Gasteiger partial charge in [0.05, 0.1) is 6.61 Å². The van der Waals surface area contributed by atoms with Crippen LogP contribution in [0, 0.1) is 0 Å². The lowest BCUT2D eigenvalue weighted by atomic mass is 10.1. The number of ether oxygens (including phenoxy) is 1. The van der Waals surface area contributed by atoms with Gasteiger partial charge in [-0.05, 0) is 25.5 Å². The zero-order valence-corrected chi connectivity index (χ0v) is 12.1. The van der Waals surface area contributed by atoms with E-state index in [1.807, 2.05) is 18.2 Å². The lowest BCUT2D eigenvalue weighted by molar-refractivity contribution is -0.145. The first-order valence-electron chi connectivity index (χ1n) is 6.34. The molecule has 0 amide bonds. The Bertz CT molecular complexity index is 598. The van der Waals surface area contributed by atoms with Gasteiger partial charge < -0.3 is 9.26 Å². The second-order valence-electron chi connectivity index (χ2n) is 4.29. The van der Waals surface area contributed by atoms with Gasteiger partial charge in [0.1, 0.15) is 5.92 Å². The highest BCUT2D eigenvalue weighted by Gasteiger charge is 2.23. The maximum atomic E-state index is 11.6. The number of carbonyl (C=O) groups excluding carboxylic acids is 1. The van der Waals surface area contributed by atoms with Crippen molar-refractivity contribution in [2.75, 3.05) is 6.61 Å². The van der Waals surface area contributed by atoms with Crippen LogP contribution in [-0.2, 0) is 16.0 Å².